The number of carboxylic acids is 1. The Morgan fingerprint density at radius 2 is 1.94 bits per heavy atom. The second-order valence-electron chi connectivity index (χ2n) is 3.13. The van der Waals surface area contributed by atoms with Gasteiger partial charge in [0.05, 0.1) is 0 Å². The first-order valence-electron chi connectivity index (χ1n) is 4.62. The van der Waals surface area contributed by atoms with Gasteiger partial charge in [-0.25, -0.2) is 19.7 Å². The molecule has 2 aromatic rings. The van der Waals surface area contributed by atoms with Crippen molar-refractivity contribution in [3.05, 3.63) is 29.0 Å². The van der Waals surface area contributed by atoms with Crippen molar-refractivity contribution in [3.63, 3.8) is 0 Å². The maximum absolute atomic E-state index is 11.3. The Hall–Kier alpha value is -2.15. The molecule has 86 valence electrons. The Labute approximate surface area is 100.0 Å². The van der Waals surface area contributed by atoms with Gasteiger partial charge in [-0.05, 0) is 6.07 Å². The second-order valence-corrected chi connectivity index (χ2v) is 4.13. The third kappa shape index (κ3) is 2.18. The molecule has 1 N–H and O–H groups in total. The quantitative estimate of drug-likeness (QED) is 0.828. The number of nitrogens with zero attached hydrogens (tertiary/aromatic N) is 3. The van der Waals surface area contributed by atoms with Gasteiger partial charge >= 0.3 is 5.97 Å². The second kappa shape index (κ2) is 4.38. The van der Waals surface area contributed by atoms with E-state index in [4.69, 9.17) is 5.11 Å². The molecule has 0 spiro atoms. The molecule has 0 saturated heterocycles. The van der Waals surface area contributed by atoms with Crippen molar-refractivity contribution in [3.8, 4) is 10.8 Å². The Kier molecular flexibility index (Phi) is 2.92. The standard InChI is InChI=1S/C10H7N3O3S/c1-5(14)7-6(10(15)16)13-9(17-7)8-11-3-2-4-12-8/h2-4H,1H3,(H,15,16). The van der Waals surface area contributed by atoms with Crippen molar-refractivity contribution in [1.29, 1.82) is 0 Å². The number of rotatable bonds is 3. The van der Waals surface area contributed by atoms with Crippen LogP contribution in [0.25, 0.3) is 10.8 Å². The van der Waals surface area contributed by atoms with Crippen molar-refractivity contribution in [1.82, 2.24) is 15.0 Å². The SMILES string of the molecule is CC(=O)c1sc(-c2ncccn2)nc1C(=O)O. The van der Waals surface area contributed by atoms with E-state index >= 15 is 0 Å². The van der Waals surface area contributed by atoms with Gasteiger partial charge in [0.25, 0.3) is 0 Å². The average molecular weight is 249 g/mol. The van der Waals surface area contributed by atoms with E-state index in [9.17, 15) is 9.59 Å². The summed E-state index contributed by atoms with van der Waals surface area (Å²) in [5.74, 6) is -1.25. The van der Waals surface area contributed by atoms with Gasteiger partial charge in [0.1, 0.15) is 4.88 Å². The summed E-state index contributed by atoms with van der Waals surface area (Å²) in [5, 5.41) is 9.25. The van der Waals surface area contributed by atoms with Crippen LogP contribution in [0.1, 0.15) is 27.1 Å². The van der Waals surface area contributed by atoms with Crippen LogP contribution in [0.2, 0.25) is 0 Å². The smallest absolute Gasteiger partial charge is 0.356 e. The predicted molar refractivity (Wildman–Crippen MR) is 60.1 cm³/mol. The summed E-state index contributed by atoms with van der Waals surface area (Å²) >= 11 is 0.983. The molecule has 0 fully saturated rings. The summed E-state index contributed by atoms with van der Waals surface area (Å²) < 4.78 is 0. The van der Waals surface area contributed by atoms with Crippen molar-refractivity contribution in [2.24, 2.45) is 0 Å². The topological polar surface area (TPSA) is 93.0 Å². The average Bonchev–Trinajstić information content (AvgIpc) is 2.75. The molecule has 2 heterocycles. The highest BCUT2D eigenvalue weighted by molar-refractivity contribution is 7.17. The first-order chi connectivity index (χ1) is 8.09. The van der Waals surface area contributed by atoms with Crippen LogP contribution in [0.3, 0.4) is 0 Å². The van der Waals surface area contributed by atoms with Crippen LogP contribution >= 0.6 is 11.3 Å². The number of ketones is 1. The van der Waals surface area contributed by atoms with Gasteiger partial charge in [-0.3, -0.25) is 4.79 Å². The van der Waals surface area contributed by atoms with Crippen molar-refractivity contribution in [2.75, 3.05) is 0 Å². The molecule has 17 heavy (non-hydrogen) atoms. The van der Waals surface area contributed by atoms with E-state index in [0.717, 1.165) is 11.3 Å². The molecule has 0 aliphatic rings. The van der Waals surface area contributed by atoms with Gasteiger partial charge in [-0.2, -0.15) is 0 Å². The molecule has 0 aliphatic heterocycles. The summed E-state index contributed by atoms with van der Waals surface area (Å²) in [7, 11) is 0. The highest BCUT2D eigenvalue weighted by atomic mass is 32.1. The molecule has 0 atom stereocenters. The lowest BCUT2D eigenvalue weighted by atomic mass is 10.3. The molecule has 0 saturated carbocycles. The monoisotopic (exact) mass is 249 g/mol. The maximum Gasteiger partial charge on any atom is 0.356 e. The predicted octanol–water partition coefficient (Wildman–Crippen LogP) is 1.50. The number of thiazole rings is 1. The van der Waals surface area contributed by atoms with E-state index in [1.165, 1.54) is 19.3 Å². The number of aromatic carboxylic acids is 1. The molecular formula is C10H7N3O3S. The molecule has 2 rings (SSSR count). The van der Waals surface area contributed by atoms with Crippen molar-refractivity contribution in [2.45, 2.75) is 6.92 Å². The van der Waals surface area contributed by atoms with E-state index in [-0.39, 0.29) is 16.4 Å². The maximum atomic E-state index is 11.3. The van der Waals surface area contributed by atoms with E-state index < -0.39 is 5.97 Å². The fourth-order valence-corrected chi connectivity index (χ4v) is 2.11. The number of aromatic nitrogens is 3. The van der Waals surface area contributed by atoms with Gasteiger partial charge < -0.3 is 5.11 Å². The highest BCUT2D eigenvalue weighted by Crippen LogP contribution is 2.25. The summed E-state index contributed by atoms with van der Waals surface area (Å²) in [6, 6.07) is 1.64. The molecule has 0 aromatic carbocycles. The van der Waals surface area contributed by atoms with Crippen molar-refractivity contribution >= 4 is 23.1 Å². The van der Waals surface area contributed by atoms with Gasteiger partial charge in [0.2, 0.25) is 0 Å². The van der Waals surface area contributed by atoms with Crippen LogP contribution in [0, 0.1) is 0 Å². The van der Waals surface area contributed by atoms with E-state index in [2.05, 4.69) is 15.0 Å². The van der Waals surface area contributed by atoms with Crippen LogP contribution in [-0.2, 0) is 0 Å². The highest BCUT2D eigenvalue weighted by Gasteiger charge is 2.21. The third-order valence-electron chi connectivity index (χ3n) is 1.91. The van der Waals surface area contributed by atoms with Crippen LogP contribution in [0.15, 0.2) is 18.5 Å². The van der Waals surface area contributed by atoms with E-state index in [1.807, 2.05) is 0 Å². The minimum absolute atomic E-state index is 0.111. The minimum atomic E-state index is -1.23. The van der Waals surface area contributed by atoms with Gasteiger partial charge in [0, 0.05) is 19.3 Å². The Morgan fingerprint density at radius 1 is 1.29 bits per heavy atom. The molecule has 7 heteroatoms. The van der Waals surface area contributed by atoms with Crippen LogP contribution in [0.4, 0.5) is 0 Å². The summed E-state index contributed by atoms with van der Waals surface area (Å²) in [4.78, 5) is 34.1. The Balaban J connectivity index is 2.55. The van der Waals surface area contributed by atoms with Gasteiger partial charge in [-0.15, -0.1) is 11.3 Å². The zero-order chi connectivity index (χ0) is 12.4. The number of carboxylic acid groups (broad SMARTS) is 1. The van der Waals surface area contributed by atoms with Crippen LogP contribution < -0.4 is 0 Å². The largest absolute Gasteiger partial charge is 0.476 e. The minimum Gasteiger partial charge on any atom is -0.476 e. The Bertz CT molecular complexity index is 548. The summed E-state index contributed by atoms with van der Waals surface area (Å²) in [5.41, 5.74) is -0.245. The lowest BCUT2D eigenvalue weighted by Gasteiger charge is -1.90. The first kappa shape index (κ1) is 11.3. The number of carbonyl (C=O) groups is 2. The molecule has 2 aromatic heterocycles. The fraction of sp³-hybridized carbons (Fsp3) is 0.100. The Morgan fingerprint density at radius 3 is 2.41 bits per heavy atom. The summed E-state index contributed by atoms with van der Waals surface area (Å²) in [6.45, 7) is 1.30. The van der Waals surface area contributed by atoms with Crippen LogP contribution in [0.5, 0.6) is 0 Å². The molecule has 0 amide bonds. The van der Waals surface area contributed by atoms with Crippen LogP contribution in [-0.4, -0.2) is 31.8 Å². The zero-order valence-corrected chi connectivity index (χ0v) is 9.56. The number of hydrogen-bond donors (Lipinski definition) is 1. The molecule has 0 aliphatic carbocycles. The zero-order valence-electron chi connectivity index (χ0n) is 8.75. The number of Topliss-reactive ketones (excluding diaryl/α,β-unsaturated/α-hetero) is 1. The normalized spacial score (nSPS) is 10.2. The molecule has 0 bridgehead atoms. The van der Waals surface area contributed by atoms with E-state index in [1.54, 1.807) is 6.07 Å². The number of hydrogen-bond acceptors (Lipinski definition) is 6. The summed E-state index contributed by atoms with van der Waals surface area (Å²) in [6.07, 6.45) is 3.05. The lowest BCUT2D eigenvalue weighted by Crippen LogP contribution is -2.03. The first-order valence-corrected chi connectivity index (χ1v) is 5.43. The lowest BCUT2D eigenvalue weighted by molar-refractivity contribution is 0.0687. The molecular weight excluding hydrogens is 242 g/mol. The molecule has 0 radical (unpaired) electrons. The third-order valence-corrected chi connectivity index (χ3v) is 3.06. The van der Waals surface area contributed by atoms with Gasteiger partial charge in [0.15, 0.2) is 22.3 Å². The molecule has 0 unspecified atom stereocenters. The number of carbonyl (C=O) groups excluding carboxylic acids is 1. The fourth-order valence-electron chi connectivity index (χ4n) is 1.21. The molecule has 6 nitrogen and oxygen atoms in total. The van der Waals surface area contributed by atoms with Gasteiger partial charge in [-0.1, -0.05) is 0 Å². The van der Waals surface area contributed by atoms with Crippen molar-refractivity contribution < 1.29 is 14.7 Å². The van der Waals surface area contributed by atoms with E-state index in [0.29, 0.717) is 10.8 Å².